The van der Waals surface area contributed by atoms with Gasteiger partial charge in [0.15, 0.2) is 0 Å². The summed E-state index contributed by atoms with van der Waals surface area (Å²) < 4.78 is 17.2. The molecule has 0 N–H and O–H groups in total. The monoisotopic (exact) mass is 200 g/mol. The van der Waals surface area contributed by atoms with Crippen molar-refractivity contribution in [1.29, 1.82) is 0 Å². The summed E-state index contributed by atoms with van der Waals surface area (Å²) in [5.74, 6) is 0.710. The Labute approximate surface area is 81.8 Å². The Kier molecular flexibility index (Phi) is 2.32. The van der Waals surface area contributed by atoms with Crippen molar-refractivity contribution < 1.29 is 8.95 Å². The number of methoxy groups -OCH3 is 1. The fourth-order valence-corrected chi connectivity index (χ4v) is 4.72. The molecule has 1 aliphatic heterocycles. The highest BCUT2D eigenvalue weighted by Gasteiger charge is 2.50. The Balaban J connectivity index is 2.34. The summed E-state index contributed by atoms with van der Waals surface area (Å²) in [6.07, 6.45) is 6.68. The maximum absolute atomic E-state index is 11.8. The van der Waals surface area contributed by atoms with E-state index in [-0.39, 0.29) is 11.5 Å². The first kappa shape index (κ1) is 9.41. The number of fused-ring (bicyclic) bond motifs is 1. The largest absolute Gasteiger partial charge is 0.380 e. The number of hydrogen-bond acceptors (Lipinski definition) is 2. The number of rotatable bonds is 1. The summed E-state index contributed by atoms with van der Waals surface area (Å²) in [5.41, 5.74) is 0.0257. The van der Waals surface area contributed by atoms with E-state index in [0.717, 1.165) is 12.8 Å². The van der Waals surface area contributed by atoms with Gasteiger partial charge >= 0.3 is 0 Å². The van der Waals surface area contributed by atoms with E-state index in [1.165, 1.54) is 0 Å². The molecule has 0 radical (unpaired) electrons. The fraction of sp³-hybridized carbons (Fsp3) is 0.800. The summed E-state index contributed by atoms with van der Waals surface area (Å²) in [5, 5.41) is 0.322. The van der Waals surface area contributed by atoms with Crippen molar-refractivity contribution >= 4 is 10.8 Å². The van der Waals surface area contributed by atoms with Crippen LogP contribution in [-0.2, 0) is 15.5 Å². The van der Waals surface area contributed by atoms with Crippen LogP contribution >= 0.6 is 0 Å². The normalized spacial score (nSPS) is 49.2. The molecule has 2 aliphatic rings. The van der Waals surface area contributed by atoms with Gasteiger partial charge in [0.1, 0.15) is 0 Å². The van der Waals surface area contributed by atoms with Gasteiger partial charge in [0.25, 0.3) is 0 Å². The molecule has 1 fully saturated rings. The predicted octanol–water partition coefficient (Wildman–Crippen LogP) is 1.49. The molecule has 13 heavy (non-hydrogen) atoms. The second-order valence-corrected chi connectivity index (χ2v) is 5.77. The first-order chi connectivity index (χ1) is 6.18. The van der Waals surface area contributed by atoms with Gasteiger partial charge in [0.05, 0.1) is 11.9 Å². The Bertz CT molecular complexity index is 262. The molecule has 4 atom stereocenters. The second kappa shape index (κ2) is 3.21. The molecule has 3 heteroatoms. The second-order valence-electron chi connectivity index (χ2n) is 4.11. The van der Waals surface area contributed by atoms with Gasteiger partial charge in [-0.2, -0.15) is 0 Å². The van der Waals surface area contributed by atoms with Crippen molar-refractivity contribution in [3.63, 3.8) is 0 Å². The van der Waals surface area contributed by atoms with Crippen LogP contribution in [0.25, 0.3) is 0 Å². The number of hydrogen-bond donors (Lipinski definition) is 0. The first-order valence-electron chi connectivity index (χ1n) is 4.76. The van der Waals surface area contributed by atoms with Crippen LogP contribution in [0.3, 0.4) is 0 Å². The smallest absolute Gasteiger partial charge is 0.0786 e. The zero-order valence-electron chi connectivity index (χ0n) is 8.16. The molecule has 0 saturated carbocycles. The van der Waals surface area contributed by atoms with Gasteiger partial charge in [-0.15, -0.1) is 0 Å². The first-order valence-corrected chi connectivity index (χ1v) is 6.14. The highest BCUT2D eigenvalue weighted by atomic mass is 32.2. The Morgan fingerprint density at radius 2 is 2.38 bits per heavy atom. The molecule has 0 amide bonds. The lowest BCUT2D eigenvalue weighted by Crippen LogP contribution is -2.37. The van der Waals surface area contributed by atoms with Crippen LogP contribution in [0.5, 0.6) is 0 Å². The summed E-state index contributed by atoms with van der Waals surface area (Å²) in [7, 11) is 1.04. The predicted molar refractivity (Wildman–Crippen MR) is 54.1 cm³/mol. The Morgan fingerprint density at radius 1 is 1.62 bits per heavy atom. The lowest BCUT2D eigenvalue weighted by Gasteiger charge is -2.34. The Morgan fingerprint density at radius 3 is 3.08 bits per heavy atom. The van der Waals surface area contributed by atoms with Crippen molar-refractivity contribution in [3.05, 3.63) is 12.2 Å². The Hall–Kier alpha value is -0.150. The zero-order chi connectivity index (χ0) is 9.47. The summed E-state index contributed by atoms with van der Waals surface area (Å²) in [6.45, 7) is 2.17. The van der Waals surface area contributed by atoms with Crippen LogP contribution < -0.4 is 0 Å². The van der Waals surface area contributed by atoms with E-state index in [2.05, 4.69) is 19.1 Å². The van der Waals surface area contributed by atoms with E-state index in [1.54, 1.807) is 7.11 Å². The molecule has 0 spiro atoms. The third kappa shape index (κ3) is 1.29. The molecule has 1 unspecified atom stereocenters. The SMILES string of the molecule is CO[C@H]1CS(=O)[C@@H]2CCC=C[C@]12C. The van der Waals surface area contributed by atoms with Crippen molar-refractivity contribution in [2.24, 2.45) is 5.41 Å². The molecular formula is C10H16O2S. The van der Waals surface area contributed by atoms with Gasteiger partial charge in [-0.3, -0.25) is 4.21 Å². The minimum Gasteiger partial charge on any atom is -0.380 e. The topological polar surface area (TPSA) is 26.3 Å². The third-order valence-corrected chi connectivity index (χ3v) is 5.39. The van der Waals surface area contributed by atoms with Gasteiger partial charge in [-0.1, -0.05) is 19.1 Å². The van der Waals surface area contributed by atoms with Crippen LogP contribution in [0.15, 0.2) is 12.2 Å². The molecule has 0 aromatic carbocycles. The number of ether oxygens (including phenoxy) is 1. The van der Waals surface area contributed by atoms with Crippen molar-refractivity contribution in [3.8, 4) is 0 Å². The molecule has 1 heterocycles. The van der Waals surface area contributed by atoms with E-state index < -0.39 is 10.8 Å². The average molecular weight is 200 g/mol. The van der Waals surface area contributed by atoms with E-state index in [9.17, 15) is 4.21 Å². The van der Waals surface area contributed by atoms with Crippen LogP contribution in [-0.4, -0.2) is 28.4 Å². The summed E-state index contributed by atoms with van der Waals surface area (Å²) in [6, 6.07) is 0. The van der Waals surface area contributed by atoms with Crippen molar-refractivity contribution in [2.45, 2.75) is 31.1 Å². The average Bonchev–Trinajstić information content (AvgIpc) is 2.38. The maximum Gasteiger partial charge on any atom is 0.0786 e. The lowest BCUT2D eigenvalue weighted by atomic mass is 9.76. The highest BCUT2D eigenvalue weighted by Crippen LogP contribution is 2.44. The van der Waals surface area contributed by atoms with Gasteiger partial charge in [0.2, 0.25) is 0 Å². The van der Waals surface area contributed by atoms with Crippen LogP contribution in [0, 0.1) is 5.41 Å². The standard InChI is InChI=1S/C10H16O2S/c1-10-6-4-3-5-9(10)13(11)7-8(10)12-2/h4,6,8-9H,3,5,7H2,1-2H3/t8-,9+,10+,13?/m0/s1. The lowest BCUT2D eigenvalue weighted by molar-refractivity contribution is 0.0454. The molecule has 2 nitrogen and oxygen atoms in total. The highest BCUT2D eigenvalue weighted by molar-refractivity contribution is 7.86. The van der Waals surface area contributed by atoms with E-state index in [4.69, 9.17) is 4.74 Å². The van der Waals surface area contributed by atoms with Crippen LogP contribution in [0.1, 0.15) is 19.8 Å². The van der Waals surface area contributed by atoms with E-state index in [1.807, 2.05) is 0 Å². The quantitative estimate of drug-likeness (QED) is 0.599. The van der Waals surface area contributed by atoms with Gasteiger partial charge < -0.3 is 4.74 Å². The van der Waals surface area contributed by atoms with E-state index >= 15 is 0 Å². The molecule has 74 valence electrons. The summed E-state index contributed by atoms with van der Waals surface area (Å²) >= 11 is 0. The van der Waals surface area contributed by atoms with Gasteiger partial charge in [-0.05, 0) is 12.8 Å². The minimum atomic E-state index is -0.685. The maximum atomic E-state index is 11.8. The third-order valence-electron chi connectivity index (χ3n) is 3.38. The van der Waals surface area contributed by atoms with Crippen LogP contribution in [0.2, 0.25) is 0 Å². The zero-order valence-corrected chi connectivity index (χ0v) is 8.97. The molecular weight excluding hydrogens is 184 g/mol. The van der Waals surface area contributed by atoms with Gasteiger partial charge in [0, 0.05) is 28.6 Å². The minimum absolute atomic E-state index is 0.0257. The van der Waals surface area contributed by atoms with Gasteiger partial charge in [-0.25, -0.2) is 0 Å². The molecule has 0 bridgehead atoms. The molecule has 2 rings (SSSR count). The van der Waals surface area contributed by atoms with Crippen LogP contribution in [0.4, 0.5) is 0 Å². The molecule has 1 saturated heterocycles. The van der Waals surface area contributed by atoms with E-state index in [0.29, 0.717) is 11.0 Å². The molecule has 0 aromatic rings. The molecule has 1 aliphatic carbocycles. The van der Waals surface area contributed by atoms with Crippen molar-refractivity contribution in [2.75, 3.05) is 12.9 Å². The molecule has 0 aromatic heterocycles. The fourth-order valence-electron chi connectivity index (χ4n) is 2.50. The summed E-state index contributed by atoms with van der Waals surface area (Å²) in [4.78, 5) is 0. The number of allylic oxidation sites excluding steroid dienone is 1. The van der Waals surface area contributed by atoms with Crippen molar-refractivity contribution in [1.82, 2.24) is 0 Å².